The normalized spacial score (nSPS) is 20.7. The zero-order valence-electron chi connectivity index (χ0n) is 7.79. The highest BCUT2D eigenvalue weighted by atomic mass is 16.1. The summed E-state index contributed by atoms with van der Waals surface area (Å²) >= 11 is 0. The SMILES string of the molecule is CC(C)C1NCc2cc(=O)[nH]nc21. The van der Waals surface area contributed by atoms with Gasteiger partial charge in [0.25, 0.3) is 5.56 Å². The van der Waals surface area contributed by atoms with Crippen LogP contribution in [-0.4, -0.2) is 10.2 Å². The maximum atomic E-state index is 11.0. The molecule has 0 fully saturated rings. The summed E-state index contributed by atoms with van der Waals surface area (Å²) in [5.41, 5.74) is 1.90. The Balaban J connectivity index is 2.44. The first-order chi connectivity index (χ1) is 6.18. The van der Waals surface area contributed by atoms with Crippen LogP contribution in [0.5, 0.6) is 0 Å². The number of aromatic amines is 1. The van der Waals surface area contributed by atoms with Crippen molar-refractivity contribution in [3.05, 3.63) is 27.7 Å². The minimum atomic E-state index is -0.120. The maximum Gasteiger partial charge on any atom is 0.264 e. The van der Waals surface area contributed by atoms with E-state index in [1.807, 2.05) is 0 Å². The average molecular weight is 179 g/mol. The molecular weight excluding hydrogens is 166 g/mol. The molecule has 4 heteroatoms. The Kier molecular flexibility index (Phi) is 1.92. The first kappa shape index (κ1) is 8.44. The lowest BCUT2D eigenvalue weighted by molar-refractivity contribution is 0.432. The number of H-pyrrole nitrogens is 1. The summed E-state index contributed by atoms with van der Waals surface area (Å²) in [5, 5.41) is 9.86. The zero-order chi connectivity index (χ0) is 9.42. The largest absolute Gasteiger partial charge is 0.304 e. The molecule has 0 spiro atoms. The number of fused-ring (bicyclic) bond motifs is 1. The molecule has 0 aliphatic carbocycles. The van der Waals surface area contributed by atoms with Crippen LogP contribution in [-0.2, 0) is 6.54 Å². The smallest absolute Gasteiger partial charge is 0.264 e. The Bertz CT molecular complexity index is 369. The highest BCUT2D eigenvalue weighted by Crippen LogP contribution is 2.27. The van der Waals surface area contributed by atoms with Gasteiger partial charge in [0, 0.05) is 12.6 Å². The van der Waals surface area contributed by atoms with Gasteiger partial charge in [0.05, 0.1) is 11.7 Å². The molecule has 2 heterocycles. The van der Waals surface area contributed by atoms with Gasteiger partial charge in [-0.15, -0.1) is 0 Å². The van der Waals surface area contributed by atoms with E-state index in [0.29, 0.717) is 5.92 Å². The Hall–Kier alpha value is -1.16. The monoisotopic (exact) mass is 179 g/mol. The molecule has 70 valence electrons. The van der Waals surface area contributed by atoms with Gasteiger partial charge in [-0.05, 0) is 11.5 Å². The molecule has 0 aromatic carbocycles. The molecular formula is C9H13N3O. The summed E-state index contributed by atoms with van der Waals surface area (Å²) in [5.74, 6) is 0.500. The third-order valence-electron chi connectivity index (χ3n) is 2.39. The second-order valence-electron chi connectivity index (χ2n) is 3.75. The molecule has 1 atom stereocenters. The van der Waals surface area contributed by atoms with Crippen molar-refractivity contribution in [2.75, 3.05) is 0 Å². The van der Waals surface area contributed by atoms with E-state index in [-0.39, 0.29) is 11.6 Å². The summed E-state index contributed by atoms with van der Waals surface area (Å²) in [6.45, 7) is 5.04. The molecule has 1 aromatic rings. The van der Waals surface area contributed by atoms with E-state index in [1.165, 1.54) is 0 Å². The van der Waals surface area contributed by atoms with Crippen molar-refractivity contribution in [2.24, 2.45) is 5.92 Å². The minimum absolute atomic E-state index is 0.120. The molecule has 0 bridgehead atoms. The highest BCUT2D eigenvalue weighted by Gasteiger charge is 2.26. The van der Waals surface area contributed by atoms with E-state index < -0.39 is 0 Å². The van der Waals surface area contributed by atoms with Crippen molar-refractivity contribution in [3.8, 4) is 0 Å². The van der Waals surface area contributed by atoms with E-state index >= 15 is 0 Å². The van der Waals surface area contributed by atoms with E-state index in [1.54, 1.807) is 6.07 Å². The van der Waals surface area contributed by atoms with E-state index in [0.717, 1.165) is 17.8 Å². The second-order valence-corrected chi connectivity index (χ2v) is 3.75. The van der Waals surface area contributed by atoms with Gasteiger partial charge in [-0.1, -0.05) is 13.8 Å². The van der Waals surface area contributed by atoms with Crippen LogP contribution in [0.3, 0.4) is 0 Å². The summed E-state index contributed by atoms with van der Waals surface area (Å²) in [7, 11) is 0. The van der Waals surface area contributed by atoms with E-state index in [2.05, 4.69) is 29.4 Å². The summed E-state index contributed by atoms with van der Waals surface area (Å²) < 4.78 is 0. The molecule has 4 nitrogen and oxygen atoms in total. The van der Waals surface area contributed by atoms with Gasteiger partial charge in [0.15, 0.2) is 0 Å². The molecule has 1 aromatic heterocycles. The number of hydrogen-bond donors (Lipinski definition) is 2. The van der Waals surface area contributed by atoms with Gasteiger partial charge in [0.1, 0.15) is 0 Å². The van der Waals surface area contributed by atoms with Gasteiger partial charge in [-0.3, -0.25) is 4.79 Å². The van der Waals surface area contributed by atoms with E-state index in [9.17, 15) is 4.79 Å². The van der Waals surface area contributed by atoms with Crippen LogP contribution in [0, 0.1) is 5.92 Å². The second kappa shape index (κ2) is 2.96. The van der Waals surface area contributed by atoms with Crippen LogP contribution in [0.1, 0.15) is 31.1 Å². The maximum absolute atomic E-state index is 11.0. The molecule has 0 saturated heterocycles. The highest BCUT2D eigenvalue weighted by molar-refractivity contribution is 5.25. The van der Waals surface area contributed by atoms with Crippen LogP contribution in [0.15, 0.2) is 10.9 Å². The summed E-state index contributed by atoms with van der Waals surface area (Å²) in [6.07, 6.45) is 0. The van der Waals surface area contributed by atoms with E-state index in [4.69, 9.17) is 0 Å². The fraction of sp³-hybridized carbons (Fsp3) is 0.556. The Morgan fingerprint density at radius 3 is 3.08 bits per heavy atom. The average Bonchev–Trinajstić information content (AvgIpc) is 2.46. The Morgan fingerprint density at radius 1 is 1.62 bits per heavy atom. The number of nitrogens with zero attached hydrogens (tertiary/aromatic N) is 1. The molecule has 0 radical (unpaired) electrons. The van der Waals surface area contributed by atoms with Crippen molar-refractivity contribution >= 4 is 0 Å². The molecule has 2 N–H and O–H groups in total. The third kappa shape index (κ3) is 1.37. The predicted molar refractivity (Wildman–Crippen MR) is 49.3 cm³/mol. The van der Waals surface area contributed by atoms with Crippen LogP contribution in [0.25, 0.3) is 0 Å². The molecule has 1 aliphatic heterocycles. The lowest BCUT2D eigenvalue weighted by Crippen LogP contribution is -2.19. The van der Waals surface area contributed by atoms with Crippen LogP contribution >= 0.6 is 0 Å². The fourth-order valence-corrected chi connectivity index (χ4v) is 1.73. The summed E-state index contributed by atoms with van der Waals surface area (Å²) in [6, 6.07) is 1.91. The lowest BCUT2D eigenvalue weighted by Gasteiger charge is -2.14. The lowest BCUT2D eigenvalue weighted by atomic mass is 10.0. The van der Waals surface area contributed by atoms with Gasteiger partial charge in [0.2, 0.25) is 0 Å². The van der Waals surface area contributed by atoms with Crippen molar-refractivity contribution < 1.29 is 0 Å². The van der Waals surface area contributed by atoms with Crippen LogP contribution < -0.4 is 10.9 Å². The van der Waals surface area contributed by atoms with Crippen molar-refractivity contribution in [1.29, 1.82) is 0 Å². The van der Waals surface area contributed by atoms with Crippen molar-refractivity contribution in [2.45, 2.75) is 26.4 Å². The number of hydrogen-bond acceptors (Lipinski definition) is 3. The Labute approximate surface area is 76.4 Å². The van der Waals surface area contributed by atoms with Crippen LogP contribution in [0.2, 0.25) is 0 Å². The first-order valence-corrected chi connectivity index (χ1v) is 4.50. The number of aromatic nitrogens is 2. The molecule has 0 saturated carbocycles. The van der Waals surface area contributed by atoms with Gasteiger partial charge in [-0.25, -0.2) is 5.10 Å². The Morgan fingerprint density at radius 2 is 2.38 bits per heavy atom. The molecule has 13 heavy (non-hydrogen) atoms. The molecule has 1 aliphatic rings. The molecule has 0 amide bonds. The van der Waals surface area contributed by atoms with Crippen LogP contribution in [0.4, 0.5) is 0 Å². The third-order valence-corrected chi connectivity index (χ3v) is 2.39. The van der Waals surface area contributed by atoms with Gasteiger partial charge in [-0.2, -0.15) is 5.10 Å². The molecule has 2 rings (SSSR count). The number of nitrogens with one attached hydrogen (secondary N) is 2. The van der Waals surface area contributed by atoms with Crippen molar-refractivity contribution in [3.63, 3.8) is 0 Å². The summed E-state index contributed by atoms with van der Waals surface area (Å²) in [4.78, 5) is 11.0. The zero-order valence-corrected chi connectivity index (χ0v) is 7.79. The number of rotatable bonds is 1. The fourth-order valence-electron chi connectivity index (χ4n) is 1.73. The predicted octanol–water partition coefficient (Wildman–Crippen LogP) is 0.570. The van der Waals surface area contributed by atoms with Crippen molar-refractivity contribution in [1.82, 2.24) is 15.5 Å². The quantitative estimate of drug-likeness (QED) is 0.662. The van der Waals surface area contributed by atoms with Gasteiger partial charge >= 0.3 is 0 Å². The molecule has 1 unspecified atom stereocenters. The standard InChI is InChI=1S/C9H13N3O/c1-5(2)8-9-6(4-10-8)3-7(13)11-12-9/h3,5,8,10H,4H2,1-2H3,(H,11,13). The minimum Gasteiger partial charge on any atom is -0.304 e. The topological polar surface area (TPSA) is 57.8 Å². The first-order valence-electron chi connectivity index (χ1n) is 4.50. The van der Waals surface area contributed by atoms with Gasteiger partial charge < -0.3 is 5.32 Å².